The molecular weight excluding hydrogens is 426 g/mol. The van der Waals surface area contributed by atoms with Crippen molar-refractivity contribution in [3.05, 3.63) is 82.4 Å². The molecule has 1 aromatic carbocycles. The average molecular weight is 458 g/mol. The van der Waals surface area contributed by atoms with E-state index in [0.29, 0.717) is 29.2 Å². The first kappa shape index (κ1) is 23.7. The van der Waals surface area contributed by atoms with Crippen LogP contribution in [0.25, 0.3) is 11.1 Å². The van der Waals surface area contributed by atoms with E-state index in [9.17, 15) is 14.4 Å². The lowest BCUT2D eigenvalue weighted by Gasteiger charge is -2.13. The van der Waals surface area contributed by atoms with Crippen molar-refractivity contribution in [2.75, 3.05) is 13.7 Å². The third-order valence-corrected chi connectivity index (χ3v) is 6.66. The molecule has 0 atom stereocenters. The molecule has 176 valence electrons. The molecule has 0 saturated carbocycles. The number of benzene rings is 1. The molecule has 2 amide bonds. The van der Waals surface area contributed by atoms with Crippen molar-refractivity contribution < 1.29 is 19.1 Å². The molecule has 0 fully saturated rings. The van der Waals surface area contributed by atoms with Crippen LogP contribution in [-0.4, -0.2) is 36.3 Å². The highest BCUT2D eigenvalue weighted by atomic mass is 16.5. The van der Waals surface area contributed by atoms with Crippen molar-refractivity contribution >= 4 is 17.8 Å². The molecule has 0 saturated heterocycles. The average Bonchev–Trinajstić information content (AvgIpc) is 3.18. The number of methoxy groups -OCH3 is 1. The van der Waals surface area contributed by atoms with Gasteiger partial charge in [0.2, 0.25) is 0 Å². The lowest BCUT2D eigenvalue weighted by Crippen LogP contribution is -2.30. The number of esters is 1. The molecule has 0 spiro atoms. The van der Waals surface area contributed by atoms with Gasteiger partial charge < -0.3 is 4.74 Å². The van der Waals surface area contributed by atoms with E-state index in [4.69, 9.17) is 4.74 Å². The Morgan fingerprint density at radius 2 is 1.44 bits per heavy atom. The minimum absolute atomic E-state index is 0.187. The van der Waals surface area contributed by atoms with Gasteiger partial charge in [-0.05, 0) is 65.6 Å². The first-order valence-electron chi connectivity index (χ1n) is 12.0. The van der Waals surface area contributed by atoms with Gasteiger partial charge in [-0.15, -0.1) is 0 Å². The number of unbranched alkanes of at least 4 members (excludes halogenated alkanes) is 3. The topological polar surface area (TPSA) is 63.7 Å². The van der Waals surface area contributed by atoms with Crippen LogP contribution in [0.5, 0.6) is 0 Å². The van der Waals surface area contributed by atoms with Gasteiger partial charge >= 0.3 is 5.97 Å². The Morgan fingerprint density at radius 3 is 2.06 bits per heavy atom. The molecule has 5 heteroatoms. The summed E-state index contributed by atoms with van der Waals surface area (Å²) in [6.07, 6.45) is 4.53. The van der Waals surface area contributed by atoms with E-state index in [0.717, 1.165) is 48.8 Å². The predicted octanol–water partition coefficient (Wildman–Crippen LogP) is 6.10. The van der Waals surface area contributed by atoms with Crippen LogP contribution in [0.2, 0.25) is 0 Å². The minimum Gasteiger partial charge on any atom is -0.465 e. The first-order valence-corrected chi connectivity index (χ1v) is 12.0. The maximum absolute atomic E-state index is 12.5. The predicted molar refractivity (Wildman–Crippen MR) is 132 cm³/mol. The summed E-state index contributed by atoms with van der Waals surface area (Å²) in [5, 5.41) is 0. The van der Waals surface area contributed by atoms with Gasteiger partial charge in [-0.3, -0.25) is 14.5 Å². The molecular formula is C29H31NO4. The van der Waals surface area contributed by atoms with Crippen LogP contribution >= 0.6 is 0 Å². The van der Waals surface area contributed by atoms with Crippen molar-refractivity contribution in [1.82, 2.24) is 4.90 Å². The van der Waals surface area contributed by atoms with Crippen LogP contribution in [0, 0.1) is 0 Å². The van der Waals surface area contributed by atoms with Gasteiger partial charge in [0.25, 0.3) is 11.8 Å². The molecule has 1 aromatic rings. The summed E-state index contributed by atoms with van der Waals surface area (Å²) in [7, 11) is 1.41. The Kier molecular flexibility index (Phi) is 7.11. The molecule has 3 aliphatic rings. The molecule has 0 radical (unpaired) electrons. The van der Waals surface area contributed by atoms with Gasteiger partial charge in [0, 0.05) is 6.54 Å². The first-order chi connectivity index (χ1) is 16.4. The van der Waals surface area contributed by atoms with E-state index >= 15 is 0 Å². The largest absolute Gasteiger partial charge is 0.465 e. The van der Waals surface area contributed by atoms with Crippen LogP contribution in [0.15, 0.2) is 54.6 Å². The molecule has 2 aliphatic carbocycles. The highest BCUT2D eigenvalue weighted by molar-refractivity contribution is 6.21. The van der Waals surface area contributed by atoms with Crippen LogP contribution in [0.4, 0.5) is 0 Å². The monoisotopic (exact) mass is 457 g/mol. The van der Waals surface area contributed by atoms with Gasteiger partial charge in [-0.1, -0.05) is 63.1 Å². The number of ether oxygens (including phenoxy) is 1. The van der Waals surface area contributed by atoms with E-state index in [1.54, 1.807) is 24.3 Å². The summed E-state index contributed by atoms with van der Waals surface area (Å²) < 4.78 is 5.01. The van der Waals surface area contributed by atoms with E-state index in [2.05, 4.69) is 32.0 Å². The second-order valence-corrected chi connectivity index (χ2v) is 9.20. The number of carbonyl (C=O) groups is 3. The maximum Gasteiger partial charge on any atom is 0.338 e. The number of amides is 2. The molecule has 1 heterocycles. The molecule has 0 unspecified atom stereocenters. The summed E-state index contributed by atoms with van der Waals surface area (Å²) in [5.41, 5.74) is 6.03. The molecule has 34 heavy (non-hydrogen) atoms. The Bertz CT molecular complexity index is 1160. The van der Waals surface area contributed by atoms with Crippen molar-refractivity contribution in [1.29, 1.82) is 0 Å². The standard InChI is InChI=1S/C29H31NO4/c1-19(2)20-13-15-22-21(18-26(29(33)34-3)23(22)16-14-20)10-6-4-5-9-17-30-27(31)24-11-7-8-12-25(24)28(30)32/h7-8,11-16,18-19H,4-6,9-10,17H2,1-3H3. The Morgan fingerprint density at radius 1 is 0.824 bits per heavy atom. The lowest BCUT2D eigenvalue weighted by molar-refractivity contribution is 0.0599. The Labute approximate surface area is 201 Å². The van der Waals surface area contributed by atoms with E-state index in [-0.39, 0.29) is 17.8 Å². The highest BCUT2D eigenvalue weighted by Crippen LogP contribution is 2.34. The van der Waals surface area contributed by atoms with Gasteiger partial charge in [0.15, 0.2) is 0 Å². The van der Waals surface area contributed by atoms with E-state index in [1.165, 1.54) is 17.6 Å². The maximum atomic E-state index is 12.5. The zero-order chi connectivity index (χ0) is 24.2. The number of hydrogen-bond donors (Lipinski definition) is 0. The number of carbonyl (C=O) groups excluding carboxylic acids is 3. The number of aryl methyl sites for hydroxylation is 1. The molecule has 0 N–H and O–H groups in total. The Balaban J connectivity index is 1.35. The second kappa shape index (κ2) is 10.2. The van der Waals surface area contributed by atoms with Crippen LogP contribution in [0.3, 0.4) is 0 Å². The highest BCUT2D eigenvalue weighted by Gasteiger charge is 2.34. The second-order valence-electron chi connectivity index (χ2n) is 9.20. The van der Waals surface area contributed by atoms with E-state index in [1.807, 2.05) is 12.1 Å². The lowest BCUT2D eigenvalue weighted by atomic mass is 10.0. The van der Waals surface area contributed by atoms with Gasteiger partial charge in [0.05, 0.1) is 23.8 Å². The molecule has 0 bridgehead atoms. The van der Waals surface area contributed by atoms with Crippen molar-refractivity contribution in [2.45, 2.75) is 51.9 Å². The summed E-state index contributed by atoms with van der Waals surface area (Å²) in [5.74, 6) is -0.279. The summed E-state index contributed by atoms with van der Waals surface area (Å²) in [6, 6.07) is 17.3. The normalized spacial score (nSPS) is 13.1. The van der Waals surface area contributed by atoms with Crippen molar-refractivity contribution in [3.8, 4) is 11.1 Å². The zero-order valence-electron chi connectivity index (χ0n) is 20.1. The third-order valence-electron chi connectivity index (χ3n) is 6.66. The quantitative estimate of drug-likeness (QED) is 0.221. The summed E-state index contributed by atoms with van der Waals surface area (Å²) in [4.78, 5) is 38.7. The van der Waals surface area contributed by atoms with Gasteiger partial charge in [-0.25, -0.2) is 4.79 Å². The fourth-order valence-electron chi connectivity index (χ4n) is 4.69. The fraction of sp³-hybridized carbons (Fsp3) is 0.345. The minimum atomic E-state index is -0.311. The van der Waals surface area contributed by atoms with Crippen molar-refractivity contribution in [3.63, 3.8) is 0 Å². The van der Waals surface area contributed by atoms with Crippen LogP contribution < -0.4 is 0 Å². The summed E-state index contributed by atoms with van der Waals surface area (Å²) in [6.45, 7) is 4.76. The third kappa shape index (κ3) is 4.60. The Hall–Kier alpha value is -3.47. The number of nitrogens with zero attached hydrogens (tertiary/aromatic N) is 1. The number of rotatable bonds is 9. The molecule has 5 nitrogen and oxygen atoms in total. The summed E-state index contributed by atoms with van der Waals surface area (Å²) >= 11 is 0. The van der Waals surface area contributed by atoms with Crippen LogP contribution in [-0.2, 0) is 11.2 Å². The number of fused-ring (bicyclic) bond motifs is 2. The fourth-order valence-corrected chi connectivity index (χ4v) is 4.69. The van der Waals surface area contributed by atoms with E-state index < -0.39 is 0 Å². The molecule has 0 aromatic heterocycles. The molecule has 4 rings (SSSR count). The SMILES string of the molecule is COC(=O)c1cc(CCCCCCN2C(=O)c3ccccc3C2=O)c2ccc(C(C)C)ccc1-2. The number of hydrogen-bond acceptors (Lipinski definition) is 4. The van der Waals surface area contributed by atoms with Crippen molar-refractivity contribution in [2.24, 2.45) is 0 Å². The number of imide groups is 1. The smallest absolute Gasteiger partial charge is 0.338 e. The zero-order valence-corrected chi connectivity index (χ0v) is 20.1. The van der Waals surface area contributed by atoms with Gasteiger partial charge in [0.1, 0.15) is 0 Å². The molecule has 1 aliphatic heterocycles. The van der Waals surface area contributed by atoms with Crippen LogP contribution in [0.1, 0.15) is 87.6 Å². The van der Waals surface area contributed by atoms with Gasteiger partial charge in [-0.2, -0.15) is 0 Å².